The molecule has 1 atom stereocenters. The summed E-state index contributed by atoms with van der Waals surface area (Å²) in [4.78, 5) is 13.7. The largest absolute Gasteiger partial charge is 0.328 e. The number of hydrogen-bond donors (Lipinski definition) is 1. The number of aryl methyl sites for hydroxylation is 2. The number of nitrogens with one attached hydrogen (secondary N) is 1. The molecule has 8 nitrogen and oxygen atoms in total. The van der Waals surface area contributed by atoms with E-state index >= 15 is 0 Å². The molecule has 20 heavy (non-hydrogen) atoms. The second kappa shape index (κ2) is 5.72. The molecule has 2 rings (SSSR count). The molecule has 0 unspecified atom stereocenters. The highest BCUT2D eigenvalue weighted by Gasteiger charge is 2.17. The lowest BCUT2D eigenvalue weighted by molar-refractivity contribution is 0.203. The van der Waals surface area contributed by atoms with Crippen LogP contribution in [0.4, 0.5) is 4.79 Å². The van der Waals surface area contributed by atoms with Crippen LogP contribution < -0.4 is 5.32 Å². The van der Waals surface area contributed by atoms with Gasteiger partial charge in [0.05, 0.1) is 18.8 Å². The third kappa shape index (κ3) is 3.14. The molecule has 0 radical (unpaired) electrons. The highest BCUT2D eigenvalue weighted by atomic mass is 16.2. The molecule has 0 aromatic carbocycles. The molecular weight excluding hydrogens is 258 g/mol. The smallest absolute Gasteiger partial charge is 0.318 e. The van der Waals surface area contributed by atoms with Crippen LogP contribution in [0.15, 0.2) is 18.7 Å². The Kier molecular flexibility index (Phi) is 4.02. The molecule has 0 spiro atoms. The Morgan fingerprint density at radius 1 is 1.50 bits per heavy atom. The minimum Gasteiger partial charge on any atom is -0.328 e. The van der Waals surface area contributed by atoms with Crippen molar-refractivity contribution < 1.29 is 4.79 Å². The van der Waals surface area contributed by atoms with Crippen molar-refractivity contribution in [3.8, 4) is 0 Å². The van der Waals surface area contributed by atoms with Crippen molar-refractivity contribution in [2.24, 2.45) is 14.1 Å². The zero-order chi connectivity index (χ0) is 14.7. The number of carbonyl (C=O) groups excluding carboxylic acids is 1. The van der Waals surface area contributed by atoms with E-state index in [4.69, 9.17) is 0 Å². The van der Waals surface area contributed by atoms with Gasteiger partial charge in [-0.05, 0) is 6.92 Å². The van der Waals surface area contributed by atoms with Crippen LogP contribution in [0.1, 0.15) is 24.4 Å². The van der Waals surface area contributed by atoms with Crippen LogP contribution in [0.25, 0.3) is 0 Å². The predicted molar refractivity (Wildman–Crippen MR) is 72.6 cm³/mol. The van der Waals surface area contributed by atoms with Crippen LogP contribution in [0.3, 0.4) is 0 Å². The molecule has 108 valence electrons. The first-order chi connectivity index (χ1) is 9.47. The van der Waals surface area contributed by atoms with Crippen molar-refractivity contribution in [3.05, 3.63) is 30.1 Å². The second-order valence-electron chi connectivity index (χ2n) is 4.85. The van der Waals surface area contributed by atoms with Crippen LogP contribution >= 0.6 is 0 Å². The third-order valence-electron chi connectivity index (χ3n) is 3.00. The minimum absolute atomic E-state index is 0.163. The zero-order valence-electron chi connectivity index (χ0n) is 12.1. The van der Waals surface area contributed by atoms with Crippen LogP contribution in [0.5, 0.6) is 0 Å². The van der Waals surface area contributed by atoms with E-state index in [0.29, 0.717) is 12.4 Å². The van der Waals surface area contributed by atoms with Gasteiger partial charge in [0.15, 0.2) is 5.82 Å². The van der Waals surface area contributed by atoms with Crippen molar-refractivity contribution in [2.75, 3.05) is 7.05 Å². The van der Waals surface area contributed by atoms with Crippen LogP contribution in [0, 0.1) is 0 Å². The normalized spacial score (nSPS) is 12.2. The van der Waals surface area contributed by atoms with E-state index in [1.54, 1.807) is 33.7 Å². The van der Waals surface area contributed by atoms with Gasteiger partial charge in [-0.15, -0.1) is 10.2 Å². The summed E-state index contributed by atoms with van der Waals surface area (Å²) in [6.45, 7) is 2.38. The predicted octanol–water partition coefficient (Wildman–Crippen LogP) is 0.451. The lowest BCUT2D eigenvalue weighted by atomic mass is 10.3. The molecule has 0 aliphatic heterocycles. The molecule has 2 heterocycles. The molecule has 2 amide bonds. The summed E-state index contributed by atoms with van der Waals surface area (Å²) in [7, 11) is 5.43. The first kappa shape index (κ1) is 14.0. The first-order valence-corrected chi connectivity index (χ1v) is 6.30. The monoisotopic (exact) mass is 277 g/mol. The molecule has 1 N–H and O–H groups in total. The van der Waals surface area contributed by atoms with Crippen molar-refractivity contribution in [1.29, 1.82) is 0 Å². The van der Waals surface area contributed by atoms with Gasteiger partial charge in [-0.25, -0.2) is 4.79 Å². The molecule has 0 fully saturated rings. The van der Waals surface area contributed by atoms with Crippen molar-refractivity contribution in [2.45, 2.75) is 19.5 Å². The Morgan fingerprint density at radius 3 is 2.80 bits per heavy atom. The van der Waals surface area contributed by atoms with E-state index in [1.165, 1.54) is 0 Å². The fourth-order valence-corrected chi connectivity index (χ4v) is 1.94. The van der Waals surface area contributed by atoms with Crippen molar-refractivity contribution >= 4 is 6.03 Å². The number of amides is 2. The fourth-order valence-electron chi connectivity index (χ4n) is 1.94. The van der Waals surface area contributed by atoms with E-state index in [0.717, 1.165) is 5.56 Å². The lowest BCUT2D eigenvalue weighted by Crippen LogP contribution is -2.38. The third-order valence-corrected chi connectivity index (χ3v) is 3.00. The highest BCUT2D eigenvalue weighted by Crippen LogP contribution is 2.08. The van der Waals surface area contributed by atoms with E-state index < -0.39 is 0 Å². The SMILES string of the molecule is C[C@@H](NC(=O)N(C)Cc1cnn(C)c1)c1nncn1C. The Balaban J connectivity index is 1.92. The van der Waals surface area contributed by atoms with Gasteiger partial charge in [-0.2, -0.15) is 5.10 Å². The Bertz CT molecular complexity index is 588. The zero-order valence-corrected chi connectivity index (χ0v) is 12.1. The average Bonchev–Trinajstić information content (AvgIpc) is 2.98. The van der Waals surface area contributed by atoms with Crippen molar-refractivity contribution in [3.63, 3.8) is 0 Å². The van der Waals surface area contributed by atoms with Gasteiger partial charge >= 0.3 is 6.03 Å². The molecule has 0 aliphatic carbocycles. The van der Waals surface area contributed by atoms with E-state index in [-0.39, 0.29) is 12.1 Å². The van der Waals surface area contributed by atoms with E-state index in [2.05, 4.69) is 20.6 Å². The molecule has 8 heteroatoms. The molecule has 2 aromatic rings. The summed E-state index contributed by atoms with van der Waals surface area (Å²) in [6, 6.07) is -0.365. The second-order valence-corrected chi connectivity index (χ2v) is 4.85. The summed E-state index contributed by atoms with van der Waals surface area (Å²) < 4.78 is 3.50. The van der Waals surface area contributed by atoms with Gasteiger partial charge in [-0.3, -0.25) is 4.68 Å². The summed E-state index contributed by atoms with van der Waals surface area (Å²) >= 11 is 0. The van der Waals surface area contributed by atoms with Crippen LogP contribution in [-0.2, 0) is 20.6 Å². The molecule has 0 aliphatic rings. The van der Waals surface area contributed by atoms with Gasteiger partial charge in [0.1, 0.15) is 6.33 Å². The average molecular weight is 277 g/mol. The first-order valence-electron chi connectivity index (χ1n) is 6.30. The van der Waals surface area contributed by atoms with E-state index in [1.807, 2.05) is 27.2 Å². The van der Waals surface area contributed by atoms with Crippen LogP contribution in [0.2, 0.25) is 0 Å². The minimum atomic E-state index is -0.202. The number of hydrogen-bond acceptors (Lipinski definition) is 4. The van der Waals surface area contributed by atoms with E-state index in [9.17, 15) is 4.79 Å². The summed E-state index contributed by atoms with van der Waals surface area (Å²) in [5.74, 6) is 0.716. The standard InChI is InChI=1S/C12H19N7O/c1-9(11-16-13-8-18(11)3)15-12(20)17(2)6-10-5-14-19(4)7-10/h5,7-9H,6H2,1-4H3,(H,15,20)/t9-/m1/s1. The summed E-state index contributed by atoms with van der Waals surface area (Å²) in [5.41, 5.74) is 0.983. The Hall–Kier alpha value is -2.38. The fraction of sp³-hybridized carbons (Fsp3) is 0.500. The quantitative estimate of drug-likeness (QED) is 0.880. The number of rotatable bonds is 4. The number of nitrogens with zero attached hydrogens (tertiary/aromatic N) is 6. The number of urea groups is 1. The molecule has 0 saturated heterocycles. The van der Waals surface area contributed by atoms with Gasteiger partial charge < -0.3 is 14.8 Å². The van der Waals surface area contributed by atoms with Gasteiger partial charge in [0.25, 0.3) is 0 Å². The molecule has 0 bridgehead atoms. The van der Waals surface area contributed by atoms with Gasteiger partial charge in [-0.1, -0.05) is 0 Å². The molecule has 0 saturated carbocycles. The highest BCUT2D eigenvalue weighted by molar-refractivity contribution is 5.74. The maximum Gasteiger partial charge on any atom is 0.318 e. The Labute approximate surface area is 117 Å². The van der Waals surface area contributed by atoms with Gasteiger partial charge in [0, 0.05) is 32.9 Å². The summed E-state index contributed by atoms with van der Waals surface area (Å²) in [6.07, 6.45) is 5.24. The van der Waals surface area contributed by atoms with Gasteiger partial charge in [0.2, 0.25) is 0 Å². The molecular formula is C12H19N7O. The number of aromatic nitrogens is 5. The maximum atomic E-state index is 12.1. The topological polar surface area (TPSA) is 80.9 Å². The van der Waals surface area contributed by atoms with Crippen molar-refractivity contribution in [1.82, 2.24) is 34.8 Å². The lowest BCUT2D eigenvalue weighted by Gasteiger charge is -2.20. The molecule has 2 aromatic heterocycles. The Morgan fingerprint density at radius 2 is 2.25 bits per heavy atom. The van der Waals surface area contributed by atoms with Crippen LogP contribution in [-0.4, -0.2) is 42.5 Å². The number of carbonyl (C=O) groups is 1. The summed E-state index contributed by atoms with van der Waals surface area (Å²) in [5, 5.41) is 14.7. The maximum absolute atomic E-state index is 12.1.